The smallest absolute Gasteiger partial charge is 0.258 e. The Balaban J connectivity index is 0.000000147. The molecular formula is C54H54N6O6. The Bertz CT molecular complexity index is 2340. The first-order valence-electron chi connectivity index (χ1n) is 21.7. The summed E-state index contributed by atoms with van der Waals surface area (Å²) in [7, 11) is 0. The van der Waals surface area contributed by atoms with Crippen LogP contribution < -0.4 is 30.7 Å². The summed E-state index contributed by atoms with van der Waals surface area (Å²) in [5, 5.41) is 41.5. The van der Waals surface area contributed by atoms with Gasteiger partial charge in [0.25, 0.3) is 17.7 Å². The number of amides is 3. The zero-order valence-corrected chi connectivity index (χ0v) is 36.4. The molecule has 0 spiro atoms. The molecule has 3 aliphatic heterocycles. The number of fused-ring (bicyclic) bond motifs is 3. The maximum atomic E-state index is 12.7. The minimum absolute atomic E-state index is 0.328. The van der Waals surface area contributed by atoms with Gasteiger partial charge in [-0.1, -0.05) is 146 Å². The summed E-state index contributed by atoms with van der Waals surface area (Å²) < 4.78 is 0. The molecule has 12 nitrogen and oxygen atoms in total. The number of para-hydroxylation sites is 6. The van der Waals surface area contributed by atoms with E-state index in [-0.39, 0.29) is 17.7 Å². The van der Waals surface area contributed by atoms with Gasteiger partial charge in [-0.05, 0) is 53.1 Å². The van der Waals surface area contributed by atoms with E-state index >= 15 is 0 Å². The Morgan fingerprint density at radius 3 is 0.848 bits per heavy atom. The Morgan fingerprint density at radius 2 is 0.606 bits per heavy atom. The van der Waals surface area contributed by atoms with Gasteiger partial charge in [0.15, 0.2) is 18.3 Å². The van der Waals surface area contributed by atoms with E-state index in [0.717, 1.165) is 50.8 Å². The topological polar surface area (TPSA) is 158 Å². The van der Waals surface area contributed by atoms with E-state index in [4.69, 9.17) is 0 Å². The number of benzene rings is 6. The number of nitrogens with one attached hydrogen (secondary N) is 3. The molecular weight excluding hydrogens is 829 g/mol. The molecule has 3 aliphatic rings. The van der Waals surface area contributed by atoms with Gasteiger partial charge in [-0.3, -0.25) is 14.4 Å². The number of rotatable bonds is 9. The van der Waals surface area contributed by atoms with E-state index in [1.807, 2.05) is 164 Å². The van der Waals surface area contributed by atoms with Gasteiger partial charge in [-0.2, -0.15) is 0 Å². The molecule has 0 aromatic heterocycles. The summed E-state index contributed by atoms with van der Waals surface area (Å²) >= 11 is 0. The maximum absolute atomic E-state index is 12.7. The van der Waals surface area contributed by atoms with Crippen molar-refractivity contribution in [1.82, 2.24) is 0 Å². The number of nitrogens with zero attached hydrogens (tertiary/aromatic N) is 3. The monoisotopic (exact) mass is 882 g/mol. The van der Waals surface area contributed by atoms with Crippen molar-refractivity contribution in [3.05, 3.63) is 218 Å². The van der Waals surface area contributed by atoms with Crippen LogP contribution in [0, 0.1) is 0 Å². The average Bonchev–Trinajstić information content (AvgIpc) is 3.60. The molecule has 0 unspecified atom stereocenters. The Labute approximate surface area is 385 Å². The molecule has 0 radical (unpaired) electrons. The molecule has 6 N–H and O–H groups in total. The predicted molar refractivity (Wildman–Crippen MR) is 263 cm³/mol. The third-order valence-electron chi connectivity index (χ3n) is 11.4. The van der Waals surface area contributed by atoms with E-state index in [2.05, 4.69) is 35.7 Å². The van der Waals surface area contributed by atoms with Crippen molar-refractivity contribution in [1.29, 1.82) is 0 Å². The van der Waals surface area contributed by atoms with Crippen molar-refractivity contribution in [3.63, 3.8) is 0 Å². The van der Waals surface area contributed by atoms with Gasteiger partial charge in [-0.25, -0.2) is 0 Å². The first kappa shape index (κ1) is 46.2. The molecule has 0 saturated carbocycles. The number of anilines is 6. The van der Waals surface area contributed by atoms with Gasteiger partial charge in [-0.15, -0.1) is 19.7 Å². The van der Waals surface area contributed by atoms with Gasteiger partial charge in [0.1, 0.15) is 0 Å². The third kappa shape index (κ3) is 10.1. The lowest BCUT2D eigenvalue weighted by Gasteiger charge is -2.23. The second-order valence-electron chi connectivity index (χ2n) is 15.7. The Morgan fingerprint density at radius 1 is 0.379 bits per heavy atom. The highest BCUT2D eigenvalue weighted by Gasteiger charge is 2.38. The van der Waals surface area contributed by atoms with Crippen molar-refractivity contribution in [2.75, 3.05) is 50.3 Å². The fourth-order valence-corrected chi connectivity index (χ4v) is 8.23. The Hall–Kier alpha value is -7.77. The summed E-state index contributed by atoms with van der Waals surface area (Å²) in [6.07, 6.45) is 1.50. The first-order chi connectivity index (χ1) is 32.2. The highest BCUT2D eigenvalue weighted by atomic mass is 16.3. The number of hydrogen-bond donors (Lipinski definition) is 6. The van der Waals surface area contributed by atoms with Crippen LogP contribution in [0.25, 0.3) is 0 Å². The second kappa shape index (κ2) is 21.7. The van der Waals surface area contributed by atoms with Gasteiger partial charge >= 0.3 is 0 Å². The first-order valence-corrected chi connectivity index (χ1v) is 21.7. The van der Waals surface area contributed by atoms with Gasteiger partial charge < -0.3 is 46.0 Å². The van der Waals surface area contributed by atoms with Crippen LogP contribution in [0.5, 0.6) is 0 Å². The van der Waals surface area contributed by atoms with Crippen LogP contribution in [0.15, 0.2) is 202 Å². The van der Waals surface area contributed by atoms with Gasteiger partial charge in [0, 0.05) is 19.6 Å². The molecule has 0 bridgehead atoms. The zero-order chi connectivity index (χ0) is 46.6. The van der Waals surface area contributed by atoms with Crippen LogP contribution in [0.4, 0.5) is 34.1 Å². The van der Waals surface area contributed by atoms with Crippen molar-refractivity contribution in [3.8, 4) is 0 Å². The van der Waals surface area contributed by atoms with E-state index in [9.17, 15) is 29.7 Å². The van der Waals surface area contributed by atoms with Crippen molar-refractivity contribution in [2.24, 2.45) is 0 Å². The molecule has 3 heterocycles. The van der Waals surface area contributed by atoms with Crippen LogP contribution in [-0.2, 0) is 14.4 Å². The van der Waals surface area contributed by atoms with Crippen LogP contribution in [0.2, 0.25) is 0 Å². The van der Waals surface area contributed by atoms with E-state index in [1.54, 1.807) is 32.9 Å². The lowest BCUT2D eigenvalue weighted by atomic mass is 10.0. The van der Waals surface area contributed by atoms with Crippen LogP contribution >= 0.6 is 0 Å². The van der Waals surface area contributed by atoms with E-state index < -0.39 is 36.4 Å². The quantitative estimate of drug-likeness (QED) is 0.0788. The second-order valence-corrected chi connectivity index (χ2v) is 15.7. The number of hydrogen-bond acceptors (Lipinski definition) is 9. The summed E-state index contributed by atoms with van der Waals surface area (Å²) in [6, 6.07) is 49.7. The summed E-state index contributed by atoms with van der Waals surface area (Å²) in [6.45, 7) is 12.2. The molecule has 0 fully saturated rings. The molecule has 336 valence electrons. The van der Waals surface area contributed by atoms with Gasteiger partial charge in [0.2, 0.25) is 0 Å². The molecule has 6 atom stereocenters. The molecule has 9 rings (SSSR count). The summed E-state index contributed by atoms with van der Waals surface area (Å²) in [4.78, 5) is 42.7. The maximum Gasteiger partial charge on any atom is 0.258 e. The van der Waals surface area contributed by atoms with Crippen LogP contribution in [0.3, 0.4) is 0 Å². The number of carbonyl (C=O) groups excluding carboxylic acids is 3. The molecule has 6 aromatic carbocycles. The van der Waals surface area contributed by atoms with Crippen molar-refractivity contribution in [2.45, 2.75) is 36.4 Å². The highest BCUT2D eigenvalue weighted by Crippen LogP contribution is 2.38. The SMILES string of the molecule is C=CCN1C(=O)[C@@H](O)[C@H](c2ccccc2)Nc2ccccc21.C=CCN1C(=O)[C@@H](O)[C@H](c2ccccc2)Nc2ccccc21.C=CCN1C(=O)[C@H](O)[C@@H](c2ccccc2)Nc2ccccc21. The van der Waals surface area contributed by atoms with E-state index in [1.165, 1.54) is 0 Å². The van der Waals surface area contributed by atoms with Gasteiger partial charge in [0.05, 0.1) is 52.2 Å². The fraction of sp³-hybridized carbons (Fsp3) is 0.167. The lowest BCUT2D eigenvalue weighted by Crippen LogP contribution is -2.41. The number of aliphatic hydroxyl groups excluding tert-OH is 3. The molecule has 0 aliphatic carbocycles. The standard InChI is InChI=1S/3C18H18N2O2/c3*1-2-12-20-15-11-7-6-10-14(15)19-16(17(21)18(20)22)13-8-4-3-5-9-13/h3*2-11,16-17,19,21H,1,12H2/t3*16-,17-/m100/s1. The minimum Gasteiger partial charge on any atom is -0.381 e. The van der Waals surface area contributed by atoms with Crippen LogP contribution in [-0.4, -0.2) is 71.0 Å². The Kier molecular flexibility index (Phi) is 15.2. The van der Waals surface area contributed by atoms with Crippen molar-refractivity contribution >= 4 is 51.8 Å². The number of aliphatic hydroxyl groups is 3. The largest absolute Gasteiger partial charge is 0.381 e. The van der Waals surface area contributed by atoms with Crippen LogP contribution in [0.1, 0.15) is 34.8 Å². The average molecular weight is 883 g/mol. The molecule has 66 heavy (non-hydrogen) atoms. The third-order valence-corrected chi connectivity index (χ3v) is 11.4. The fourth-order valence-electron chi connectivity index (χ4n) is 8.23. The van der Waals surface area contributed by atoms with E-state index in [0.29, 0.717) is 19.6 Å². The predicted octanol–water partition coefficient (Wildman–Crippen LogP) is 8.20. The minimum atomic E-state index is -1.16. The lowest BCUT2D eigenvalue weighted by molar-refractivity contribution is -0.127. The number of carbonyl (C=O) groups is 3. The molecule has 12 heteroatoms. The summed E-state index contributed by atoms with van der Waals surface area (Å²) in [5.41, 5.74) is 7.35. The summed E-state index contributed by atoms with van der Waals surface area (Å²) in [5.74, 6) is -0.983. The normalized spacial score (nSPS) is 20.8. The highest BCUT2D eigenvalue weighted by molar-refractivity contribution is 6.03. The molecule has 3 amide bonds. The zero-order valence-electron chi connectivity index (χ0n) is 36.4. The molecule has 6 aromatic rings. The van der Waals surface area contributed by atoms with Crippen molar-refractivity contribution < 1.29 is 29.7 Å². The molecule has 0 saturated heterocycles.